The zero-order valence-electron chi connectivity index (χ0n) is 15.1. The van der Waals surface area contributed by atoms with Gasteiger partial charge in [0.05, 0.1) is 0 Å². The van der Waals surface area contributed by atoms with Gasteiger partial charge in [0.1, 0.15) is 11.4 Å². The second-order valence-corrected chi connectivity index (χ2v) is 8.02. The van der Waals surface area contributed by atoms with Crippen molar-refractivity contribution in [3.05, 3.63) is 28.7 Å². The number of piperazine rings is 1. The van der Waals surface area contributed by atoms with Crippen LogP contribution in [-0.4, -0.2) is 59.7 Å². The summed E-state index contributed by atoms with van der Waals surface area (Å²) in [6.45, 7) is 8.83. The summed E-state index contributed by atoms with van der Waals surface area (Å²) in [4.78, 5) is 28.0. The fraction of sp³-hybridized carbons (Fsp3) is 0.556. The zero-order chi connectivity index (χ0) is 18.6. The van der Waals surface area contributed by atoms with E-state index in [-0.39, 0.29) is 24.6 Å². The van der Waals surface area contributed by atoms with Gasteiger partial charge in [-0.3, -0.25) is 4.79 Å². The normalized spacial score (nSPS) is 18.0. The third-order valence-electron chi connectivity index (χ3n) is 3.78. The molecule has 1 heterocycles. The van der Waals surface area contributed by atoms with Crippen molar-refractivity contribution in [1.82, 2.24) is 9.80 Å². The quantitative estimate of drug-likeness (QED) is 0.763. The summed E-state index contributed by atoms with van der Waals surface area (Å²) in [5.74, 6) is 0.566. The lowest BCUT2D eigenvalue weighted by Crippen LogP contribution is -2.56. The van der Waals surface area contributed by atoms with E-state index >= 15 is 0 Å². The Morgan fingerprint density at radius 2 is 1.84 bits per heavy atom. The molecule has 1 fully saturated rings. The SMILES string of the molecule is C[C@@H]1CN(C(=O)OC(C)(C)C)CCN1C(=O)COc1ccc(Br)cc1. The minimum atomic E-state index is -0.522. The van der Waals surface area contributed by atoms with Crippen molar-refractivity contribution in [1.29, 1.82) is 0 Å². The minimum absolute atomic E-state index is 0.0155. The molecule has 0 aromatic heterocycles. The molecule has 0 saturated carbocycles. The van der Waals surface area contributed by atoms with Crippen molar-refractivity contribution in [3.63, 3.8) is 0 Å². The van der Waals surface area contributed by atoms with Crippen molar-refractivity contribution in [3.8, 4) is 5.75 Å². The molecule has 25 heavy (non-hydrogen) atoms. The van der Waals surface area contributed by atoms with E-state index in [1.807, 2.05) is 39.8 Å². The van der Waals surface area contributed by atoms with Crippen LogP contribution in [0.2, 0.25) is 0 Å². The summed E-state index contributed by atoms with van der Waals surface area (Å²) in [5.41, 5.74) is -0.522. The van der Waals surface area contributed by atoms with Gasteiger partial charge >= 0.3 is 6.09 Å². The van der Waals surface area contributed by atoms with Gasteiger partial charge in [0.25, 0.3) is 5.91 Å². The molecule has 138 valence electrons. The average molecular weight is 413 g/mol. The first-order valence-corrected chi connectivity index (χ1v) is 9.11. The van der Waals surface area contributed by atoms with E-state index in [0.717, 1.165) is 4.47 Å². The summed E-state index contributed by atoms with van der Waals surface area (Å²) in [5, 5.41) is 0. The predicted molar refractivity (Wildman–Crippen MR) is 98.6 cm³/mol. The van der Waals surface area contributed by atoms with E-state index < -0.39 is 5.60 Å². The fourth-order valence-corrected chi connectivity index (χ4v) is 2.84. The number of rotatable bonds is 3. The van der Waals surface area contributed by atoms with E-state index in [0.29, 0.717) is 25.4 Å². The zero-order valence-corrected chi connectivity index (χ0v) is 16.7. The topological polar surface area (TPSA) is 59.1 Å². The van der Waals surface area contributed by atoms with E-state index in [9.17, 15) is 9.59 Å². The molecule has 0 unspecified atom stereocenters. The number of carbonyl (C=O) groups is 2. The molecule has 2 rings (SSSR count). The van der Waals surface area contributed by atoms with Crippen molar-refractivity contribution >= 4 is 27.9 Å². The first-order valence-electron chi connectivity index (χ1n) is 8.31. The maximum absolute atomic E-state index is 12.4. The third kappa shape index (κ3) is 5.92. The Balaban J connectivity index is 1.84. The second-order valence-electron chi connectivity index (χ2n) is 7.11. The molecule has 1 atom stereocenters. The van der Waals surface area contributed by atoms with Crippen LogP contribution in [0.25, 0.3) is 0 Å². The molecule has 1 aromatic carbocycles. The van der Waals surface area contributed by atoms with Gasteiger partial charge in [-0.15, -0.1) is 0 Å². The highest BCUT2D eigenvalue weighted by atomic mass is 79.9. The number of amides is 2. The monoisotopic (exact) mass is 412 g/mol. The van der Waals surface area contributed by atoms with Crippen molar-refractivity contribution in [2.24, 2.45) is 0 Å². The number of hydrogen-bond acceptors (Lipinski definition) is 4. The lowest BCUT2D eigenvalue weighted by atomic mass is 10.2. The van der Waals surface area contributed by atoms with Crippen LogP contribution in [0.5, 0.6) is 5.75 Å². The van der Waals surface area contributed by atoms with Crippen LogP contribution >= 0.6 is 15.9 Å². The van der Waals surface area contributed by atoms with Gasteiger partial charge in [0.15, 0.2) is 6.61 Å². The Morgan fingerprint density at radius 1 is 1.20 bits per heavy atom. The Labute approximate surface area is 157 Å². The molecular weight excluding hydrogens is 388 g/mol. The first kappa shape index (κ1) is 19.6. The van der Waals surface area contributed by atoms with Gasteiger partial charge in [0.2, 0.25) is 0 Å². The highest BCUT2D eigenvalue weighted by Gasteiger charge is 2.32. The highest BCUT2D eigenvalue weighted by Crippen LogP contribution is 2.18. The molecule has 0 spiro atoms. The van der Waals surface area contributed by atoms with Gasteiger partial charge in [-0.25, -0.2) is 4.79 Å². The van der Waals surface area contributed by atoms with Gasteiger partial charge in [0, 0.05) is 30.1 Å². The molecule has 1 aliphatic rings. The predicted octanol–water partition coefficient (Wildman–Crippen LogP) is 3.30. The van der Waals surface area contributed by atoms with Gasteiger partial charge < -0.3 is 19.3 Å². The van der Waals surface area contributed by atoms with Gasteiger partial charge in [-0.1, -0.05) is 15.9 Å². The largest absolute Gasteiger partial charge is 0.484 e. The van der Waals surface area contributed by atoms with E-state index in [1.54, 1.807) is 21.9 Å². The number of nitrogens with zero attached hydrogens (tertiary/aromatic N) is 2. The highest BCUT2D eigenvalue weighted by molar-refractivity contribution is 9.10. The van der Waals surface area contributed by atoms with Crippen molar-refractivity contribution < 1.29 is 19.1 Å². The molecule has 2 amide bonds. The molecule has 1 saturated heterocycles. The van der Waals surface area contributed by atoms with Crippen LogP contribution in [0.1, 0.15) is 27.7 Å². The fourth-order valence-electron chi connectivity index (χ4n) is 2.58. The Hall–Kier alpha value is -1.76. The number of hydrogen-bond donors (Lipinski definition) is 0. The lowest BCUT2D eigenvalue weighted by Gasteiger charge is -2.40. The van der Waals surface area contributed by atoms with Crippen LogP contribution < -0.4 is 4.74 Å². The molecular formula is C18H25BrN2O4. The summed E-state index contributed by atoms with van der Waals surface area (Å²) in [6, 6.07) is 7.26. The maximum atomic E-state index is 12.4. The molecule has 0 radical (unpaired) electrons. The summed E-state index contributed by atoms with van der Waals surface area (Å²) < 4.78 is 11.9. The molecule has 1 aromatic rings. The van der Waals surface area contributed by atoms with E-state index in [1.165, 1.54) is 0 Å². The lowest BCUT2D eigenvalue weighted by molar-refractivity contribution is -0.137. The van der Waals surface area contributed by atoms with Crippen LogP contribution in [0.4, 0.5) is 4.79 Å². The van der Waals surface area contributed by atoms with E-state index in [4.69, 9.17) is 9.47 Å². The van der Waals surface area contributed by atoms with Crippen LogP contribution in [0, 0.1) is 0 Å². The van der Waals surface area contributed by atoms with Gasteiger partial charge in [-0.05, 0) is 52.0 Å². The molecule has 0 aliphatic carbocycles. The van der Waals surface area contributed by atoms with Crippen LogP contribution in [-0.2, 0) is 9.53 Å². The average Bonchev–Trinajstić information content (AvgIpc) is 2.52. The maximum Gasteiger partial charge on any atom is 0.410 e. The minimum Gasteiger partial charge on any atom is -0.484 e. The smallest absolute Gasteiger partial charge is 0.410 e. The number of carbonyl (C=O) groups excluding carboxylic acids is 2. The molecule has 0 N–H and O–H groups in total. The summed E-state index contributed by atoms with van der Waals surface area (Å²) >= 11 is 3.36. The third-order valence-corrected chi connectivity index (χ3v) is 4.30. The number of benzene rings is 1. The number of ether oxygens (including phenoxy) is 2. The second kappa shape index (κ2) is 8.08. The summed E-state index contributed by atoms with van der Waals surface area (Å²) in [7, 11) is 0. The van der Waals surface area contributed by atoms with Crippen LogP contribution in [0.3, 0.4) is 0 Å². The Kier molecular flexibility index (Phi) is 6.32. The Bertz CT molecular complexity index is 612. The molecule has 7 heteroatoms. The van der Waals surface area contributed by atoms with Crippen molar-refractivity contribution in [2.75, 3.05) is 26.2 Å². The molecule has 6 nitrogen and oxygen atoms in total. The molecule has 1 aliphatic heterocycles. The van der Waals surface area contributed by atoms with E-state index in [2.05, 4.69) is 15.9 Å². The standard InChI is InChI=1S/C18H25BrN2O4/c1-13-11-20(17(23)25-18(2,3)4)9-10-21(13)16(22)12-24-15-7-5-14(19)6-8-15/h5-8,13H,9-12H2,1-4H3/t13-/m1/s1. The van der Waals surface area contributed by atoms with Crippen molar-refractivity contribution in [2.45, 2.75) is 39.3 Å². The molecule has 0 bridgehead atoms. The van der Waals surface area contributed by atoms with Gasteiger partial charge in [-0.2, -0.15) is 0 Å². The number of halogens is 1. The first-order chi connectivity index (χ1) is 11.7. The van der Waals surface area contributed by atoms with Crippen LogP contribution in [0.15, 0.2) is 28.7 Å². The Morgan fingerprint density at radius 3 is 2.40 bits per heavy atom. The summed E-state index contributed by atoms with van der Waals surface area (Å²) in [6.07, 6.45) is -0.336.